The van der Waals surface area contributed by atoms with Crippen molar-refractivity contribution in [2.75, 3.05) is 0 Å². The molecule has 5 nitrogen and oxygen atoms in total. The van der Waals surface area contributed by atoms with Crippen molar-refractivity contribution in [3.8, 4) is 45.3 Å². The number of aryl methyl sites for hydroxylation is 2. The normalized spacial score (nSPS) is 11.5. The number of nitrogens with zero attached hydrogens (tertiary/aromatic N) is 2. The number of aromatic hydroxyl groups is 3. The first kappa shape index (κ1) is 24.6. The zero-order chi connectivity index (χ0) is 27.4. The highest BCUT2D eigenvalue weighted by atomic mass is 16.3. The highest BCUT2D eigenvalue weighted by molar-refractivity contribution is 6.09. The number of phenolic OH excluding ortho intramolecular Hbond substituents is 3. The molecule has 2 heterocycles. The standard InChI is InChI=1S/C34H30N2O3/c1-5-22-17-23(14-15-28(22)36-29-12-8-6-10-24(29)25-11-7-9-13-30(25)36)27-16-19(2)26(18-35-27)31-20(3)21(4)32(37)34(39)33(31)38/h6-18,37-39H,5H2,1-4H3. The SMILES string of the molecule is CCc1cc(-c2cc(C)c(-c3c(C)c(C)c(O)c(O)c3O)cn2)ccc1-n1c2ccccc2c2ccccc21. The number of hydrogen-bond acceptors (Lipinski definition) is 4. The number of para-hydroxylation sites is 2. The molecule has 0 spiro atoms. The zero-order valence-corrected chi connectivity index (χ0v) is 22.4. The third kappa shape index (κ3) is 3.73. The average molecular weight is 515 g/mol. The molecule has 4 aromatic carbocycles. The molecule has 0 fully saturated rings. The van der Waals surface area contributed by atoms with Gasteiger partial charge in [-0.15, -0.1) is 0 Å². The summed E-state index contributed by atoms with van der Waals surface area (Å²) in [5, 5.41) is 33.5. The molecule has 5 heteroatoms. The van der Waals surface area contributed by atoms with Gasteiger partial charge >= 0.3 is 0 Å². The van der Waals surface area contributed by atoms with Crippen molar-refractivity contribution in [1.29, 1.82) is 0 Å². The van der Waals surface area contributed by atoms with Crippen LogP contribution in [0.2, 0.25) is 0 Å². The number of fused-ring (bicyclic) bond motifs is 3. The highest BCUT2D eigenvalue weighted by Gasteiger charge is 2.22. The van der Waals surface area contributed by atoms with Crippen LogP contribution in [0.1, 0.15) is 29.2 Å². The molecule has 0 unspecified atom stereocenters. The van der Waals surface area contributed by atoms with E-state index in [1.54, 1.807) is 13.1 Å². The van der Waals surface area contributed by atoms with Crippen LogP contribution in [0.3, 0.4) is 0 Å². The molecule has 0 bridgehead atoms. The monoisotopic (exact) mass is 514 g/mol. The van der Waals surface area contributed by atoms with Gasteiger partial charge in [-0.1, -0.05) is 49.4 Å². The number of benzene rings is 4. The van der Waals surface area contributed by atoms with Crippen LogP contribution in [0.25, 0.3) is 49.9 Å². The number of rotatable bonds is 4. The van der Waals surface area contributed by atoms with Crippen LogP contribution in [0.4, 0.5) is 0 Å². The van der Waals surface area contributed by atoms with Gasteiger partial charge in [-0.2, -0.15) is 0 Å². The van der Waals surface area contributed by atoms with Gasteiger partial charge in [-0.25, -0.2) is 0 Å². The first-order valence-electron chi connectivity index (χ1n) is 13.1. The van der Waals surface area contributed by atoms with E-state index in [1.807, 2.05) is 19.9 Å². The fourth-order valence-corrected chi connectivity index (χ4v) is 5.68. The van der Waals surface area contributed by atoms with Gasteiger partial charge in [0, 0.05) is 39.3 Å². The summed E-state index contributed by atoms with van der Waals surface area (Å²) in [7, 11) is 0. The van der Waals surface area contributed by atoms with Crippen molar-refractivity contribution in [3.63, 3.8) is 0 Å². The van der Waals surface area contributed by atoms with Gasteiger partial charge in [0.15, 0.2) is 11.5 Å². The van der Waals surface area contributed by atoms with E-state index in [4.69, 9.17) is 4.98 Å². The molecule has 0 amide bonds. The summed E-state index contributed by atoms with van der Waals surface area (Å²) in [6.07, 6.45) is 2.59. The van der Waals surface area contributed by atoms with Crippen molar-refractivity contribution in [2.24, 2.45) is 0 Å². The van der Waals surface area contributed by atoms with E-state index in [-0.39, 0.29) is 11.5 Å². The summed E-state index contributed by atoms with van der Waals surface area (Å²) in [4.78, 5) is 4.76. The minimum Gasteiger partial charge on any atom is -0.504 e. The third-order valence-electron chi connectivity index (χ3n) is 7.94. The minimum absolute atomic E-state index is 0.300. The van der Waals surface area contributed by atoms with Crippen LogP contribution in [0.5, 0.6) is 17.2 Å². The van der Waals surface area contributed by atoms with E-state index in [2.05, 4.69) is 78.2 Å². The Hall–Kier alpha value is -4.77. The Morgan fingerprint density at radius 1 is 0.718 bits per heavy atom. The van der Waals surface area contributed by atoms with E-state index >= 15 is 0 Å². The Labute approximate surface area is 227 Å². The fraction of sp³-hybridized carbons (Fsp3) is 0.147. The Bertz CT molecular complexity index is 1830. The molecule has 6 rings (SSSR count). The fourth-order valence-electron chi connectivity index (χ4n) is 5.68. The van der Waals surface area contributed by atoms with E-state index in [1.165, 1.54) is 27.4 Å². The summed E-state index contributed by atoms with van der Waals surface area (Å²) in [6, 6.07) is 25.5. The number of phenols is 3. The van der Waals surface area contributed by atoms with Crippen molar-refractivity contribution in [3.05, 3.63) is 101 Å². The quantitative estimate of drug-likeness (QED) is 0.208. The van der Waals surface area contributed by atoms with Gasteiger partial charge in [-0.05, 0) is 79.8 Å². The average Bonchev–Trinajstić information content (AvgIpc) is 3.30. The smallest absolute Gasteiger partial charge is 0.201 e. The lowest BCUT2D eigenvalue weighted by Gasteiger charge is -2.17. The molecule has 0 saturated carbocycles. The van der Waals surface area contributed by atoms with Gasteiger partial charge in [0.1, 0.15) is 0 Å². The van der Waals surface area contributed by atoms with Gasteiger partial charge in [-0.3, -0.25) is 4.98 Å². The molecule has 39 heavy (non-hydrogen) atoms. The van der Waals surface area contributed by atoms with Crippen molar-refractivity contribution in [2.45, 2.75) is 34.1 Å². The zero-order valence-electron chi connectivity index (χ0n) is 22.4. The molecular formula is C34H30N2O3. The Morgan fingerprint density at radius 2 is 1.36 bits per heavy atom. The van der Waals surface area contributed by atoms with Crippen LogP contribution in [-0.4, -0.2) is 24.9 Å². The third-order valence-corrected chi connectivity index (χ3v) is 7.94. The second-order valence-electron chi connectivity index (χ2n) is 10.1. The molecule has 194 valence electrons. The van der Waals surface area contributed by atoms with Crippen molar-refractivity contribution >= 4 is 21.8 Å². The van der Waals surface area contributed by atoms with Crippen LogP contribution in [0.15, 0.2) is 79.0 Å². The summed E-state index contributed by atoms with van der Waals surface area (Å²) in [6.45, 7) is 7.67. The van der Waals surface area contributed by atoms with E-state index in [9.17, 15) is 15.3 Å². The lowest BCUT2D eigenvalue weighted by atomic mass is 9.92. The first-order chi connectivity index (χ1) is 18.8. The second kappa shape index (κ2) is 9.21. The summed E-state index contributed by atoms with van der Waals surface area (Å²) in [5.41, 5.74) is 9.91. The van der Waals surface area contributed by atoms with Crippen LogP contribution < -0.4 is 0 Å². The van der Waals surface area contributed by atoms with E-state index in [0.717, 1.165) is 28.9 Å². The maximum absolute atomic E-state index is 10.6. The summed E-state index contributed by atoms with van der Waals surface area (Å²) in [5.74, 6) is -1.15. The maximum atomic E-state index is 10.6. The first-order valence-corrected chi connectivity index (χ1v) is 13.1. The van der Waals surface area contributed by atoms with Gasteiger partial charge in [0.2, 0.25) is 5.75 Å². The molecule has 0 aliphatic rings. The molecular weight excluding hydrogens is 484 g/mol. The molecule has 0 aliphatic heterocycles. The lowest BCUT2D eigenvalue weighted by molar-refractivity contribution is 0.366. The topological polar surface area (TPSA) is 78.5 Å². The predicted octanol–water partition coefficient (Wildman–Crippen LogP) is 8.12. The molecule has 6 aromatic rings. The maximum Gasteiger partial charge on any atom is 0.201 e. The van der Waals surface area contributed by atoms with Crippen molar-refractivity contribution in [1.82, 2.24) is 9.55 Å². The predicted molar refractivity (Wildman–Crippen MR) is 158 cm³/mol. The Balaban J connectivity index is 1.47. The molecule has 0 atom stereocenters. The number of aromatic nitrogens is 2. The molecule has 0 saturated heterocycles. The molecule has 2 aromatic heterocycles. The minimum atomic E-state index is -0.509. The lowest BCUT2D eigenvalue weighted by Crippen LogP contribution is -2.00. The number of hydrogen-bond donors (Lipinski definition) is 3. The van der Waals surface area contributed by atoms with Gasteiger partial charge < -0.3 is 19.9 Å². The Kier molecular flexibility index (Phi) is 5.80. The van der Waals surface area contributed by atoms with E-state index < -0.39 is 5.75 Å². The number of pyridine rings is 1. The van der Waals surface area contributed by atoms with Crippen LogP contribution in [0, 0.1) is 20.8 Å². The molecule has 0 radical (unpaired) electrons. The summed E-state index contributed by atoms with van der Waals surface area (Å²) < 4.78 is 2.35. The van der Waals surface area contributed by atoms with E-state index in [0.29, 0.717) is 22.3 Å². The molecule has 3 N–H and O–H groups in total. The van der Waals surface area contributed by atoms with Gasteiger partial charge in [0.05, 0.1) is 16.7 Å². The van der Waals surface area contributed by atoms with Gasteiger partial charge in [0.25, 0.3) is 0 Å². The Morgan fingerprint density at radius 3 is 1.97 bits per heavy atom. The van der Waals surface area contributed by atoms with Crippen molar-refractivity contribution < 1.29 is 15.3 Å². The molecule has 0 aliphatic carbocycles. The largest absolute Gasteiger partial charge is 0.504 e. The summed E-state index contributed by atoms with van der Waals surface area (Å²) >= 11 is 0. The second-order valence-corrected chi connectivity index (χ2v) is 10.1. The van der Waals surface area contributed by atoms with Crippen LogP contribution in [-0.2, 0) is 6.42 Å². The van der Waals surface area contributed by atoms with Crippen LogP contribution >= 0.6 is 0 Å². The highest BCUT2D eigenvalue weighted by Crippen LogP contribution is 2.48.